The Balaban J connectivity index is 1.94. The average molecular weight is 385 g/mol. The first-order valence-electron chi connectivity index (χ1n) is 8.72. The number of benzene rings is 2. The van der Waals surface area contributed by atoms with Crippen molar-refractivity contribution in [2.24, 2.45) is 5.10 Å². The number of rotatable bonds is 6. The third-order valence-electron chi connectivity index (χ3n) is 4.08. The van der Waals surface area contributed by atoms with Gasteiger partial charge in [0.25, 0.3) is 5.91 Å². The van der Waals surface area contributed by atoms with Gasteiger partial charge in [0.15, 0.2) is 11.5 Å². The maximum Gasteiger partial charge on any atom is 0.280 e. The maximum atomic E-state index is 12.8. The van der Waals surface area contributed by atoms with Crippen LogP contribution in [0.4, 0.5) is 5.69 Å². The van der Waals surface area contributed by atoms with Crippen molar-refractivity contribution in [1.82, 2.24) is 0 Å². The predicted octanol–water partition coefficient (Wildman–Crippen LogP) is 4.94. The van der Waals surface area contributed by atoms with Crippen molar-refractivity contribution in [3.05, 3.63) is 58.6 Å². The Bertz CT molecular complexity index is 907. The fraction of sp³-hybridized carbons (Fsp3) is 0.238. The molecule has 0 saturated heterocycles. The number of hydrogen-bond acceptors (Lipinski definition) is 4. The monoisotopic (exact) mass is 384 g/mol. The van der Waals surface area contributed by atoms with Gasteiger partial charge in [0.05, 0.1) is 35.7 Å². The highest BCUT2D eigenvalue weighted by Crippen LogP contribution is 2.37. The molecule has 0 radical (unpaired) electrons. The van der Waals surface area contributed by atoms with Gasteiger partial charge in [-0.1, -0.05) is 36.7 Å². The molecule has 0 unspecified atom stereocenters. The Morgan fingerprint density at radius 1 is 1.22 bits per heavy atom. The molecule has 2 aromatic carbocycles. The highest BCUT2D eigenvalue weighted by atomic mass is 35.5. The lowest BCUT2D eigenvalue weighted by atomic mass is 10.1. The number of ether oxygens (including phenoxy) is 2. The summed E-state index contributed by atoms with van der Waals surface area (Å²) in [7, 11) is 1.56. The number of nitrogens with zero attached hydrogens (tertiary/aromatic N) is 2. The van der Waals surface area contributed by atoms with Crippen molar-refractivity contribution in [2.45, 2.75) is 20.3 Å². The van der Waals surface area contributed by atoms with Crippen LogP contribution in [-0.2, 0) is 4.79 Å². The molecule has 27 heavy (non-hydrogen) atoms. The molecule has 0 bridgehead atoms. The van der Waals surface area contributed by atoms with Crippen LogP contribution in [0.5, 0.6) is 11.5 Å². The minimum absolute atomic E-state index is 0.180. The Morgan fingerprint density at radius 3 is 2.63 bits per heavy atom. The van der Waals surface area contributed by atoms with Crippen molar-refractivity contribution in [3.8, 4) is 11.5 Å². The first-order chi connectivity index (χ1) is 13.0. The summed E-state index contributed by atoms with van der Waals surface area (Å²) in [6.07, 6.45) is 2.63. The predicted molar refractivity (Wildman–Crippen MR) is 109 cm³/mol. The second-order valence-corrected chi connectivity index (χ2v) is 6.49. The van der Waals surface area contributed by atoms with E-state index < -0.39 is 0 Å². The number of anilines is 1. The number of hydrogen-bond donors (Lipinski definition) is 0. The summed E-state index contributed by atoms with van der Waals surface area (Å²) in [5.41, 5.74) is 2.63. The van der Waals surface area contributed by atoms with Crippen molar-refractivity contribution < 1.29 is 14.3 Å². The highest BCUT2D eigenvalue weighted by molar-refractivity contribution is 6.33. The fourth-order valence-corrected chi connectivity index (χ4v) is 3.04. The van der Waals surface area contributed by atoms with Gasteiger partial charge in [-0.05, 0) is 49.2 Å². The first kappa shape index (κ1) is 19.0. The zero-order valence-electron chi connectivity index (χ0n) is 15.5. The number of halogens is 1. The molecular weight excluding hydrogens is 364 g/mol. The van der Waals surface area contributed by atoms with Gasteiger partial charge in [-0.25, -0.2) is 0 Å². The minimum atomic E-state index is -0.180. The second kappa shape index (κ2) is 8.27. The van der Waals surface area contributed by atoms with Crippen LogP contribution in [0.25, 0.3) is 6.08 Å². The second-order valence-electron chi connectivity index (χ2n) is 6.08. The lowest BCUT2D eigenvalue weighted by molar-refractivity contribution is -0.114. The van der Waals surface area contributed by atoms with E-state index in [2.05, 4.69) is 5.10 Å². The molecule has 0 aliphatic carbocycles. The van der Waals surface area contributed by atoms with Gasteiger partial charge in [0.2, 0.25) is 0 Å². The Kier molecular flexibility index (Phi) is 5.81. The molecule has 1 aliphatic heterocycles. The summed E-state index contributed by atoms with van der Waals surface area (Å²) in [6, 6.07) is 12.9. The van der Waals surface area contributed by atoms with E-state index in [-0.39, 0.29) is 5.91 Å². The summed E-state index contributed by atoms with van der Waals surface area (Å²) in [4.78, 5) is 12.8. The summed E-state index contributed by atoms with van der Waals surface area (Å²) in [5, 5.41) is 6.22. The molecule has 0 aromatic heterocycles. The van der Waals surface area contributed by atoms with Gasteiger partial charge in [0.1, 0.15) is 0 Å². The van der Waals surface area contributed by atoms with Gasteiger partial charge in [-0.3, -0.25) is 4.79 Å². The van der Waals surface area contributed by atoms with Crippen LogP contribution in [0.1, 0.15) is 25.8 Å². The van der Waals surface area contributed by atoms with Crippen molar-refractivity contribution >= 4 is 35.0 Å². The molecule has 1 aliphatic rings. The van der Waals surface area contributed by atoms with E-state index in [1.807, 2.05) is 44.2 Å². The normalized spacial score (nSPS) is 15.3. The van der Waals surface area contributed by atoms with E-state index in [1.54, 1.807) is 25.3 Å². The quantitative estimate of drug-likeness (QED) is 0.662. The number of methoxy groups -OCH3 is 1. The van der Waals surface area contributed by atoms with E-state index in [0.29, 0.717) is 34.4 Å². The van der Waals surface area contributed by atoms with E-state index in [1.165, 1.54) is 5.01 Å². The highest BCUT2D eigenvalue weighted by Gasteiger charge is 2.28. The lowest BCUT2D eigenvalue weighted by Crippen LogP contribution is -2.21. The van der Waals surface area contributed by atoms with Crippen LogP contribution in [0.15, 0.2) is 53.1 Å². The van der Waals surface area contributed by atoms with Crippen molar-refractivity contribution in [1.29, 1.82) is 0 Å². The van der Waals surface area contributed by atoms with E-state index >= 15 is 0 Å². The molecule has 0 fully saturated rings. The standard InChI is InChI=1S/C21H21ClN2O3/c1-4-10-27-20-18(22)12-15(13-19(20)26-3)11-17-14(2)23-24(21(17)25)16-8-6-5-7-9-16/h5-9,11-13H,4,10H2,1-3H3/b17-11+. The molecule has 0 N–H and O–H groups in total. The summed E-state index contributed by atoms with van der Waals surface area (Å²) >= 11 is 6.37. The molecule has 3 rings (SSSR count). The molecule has 1 heterocycles. The maximum absolute atomic E-state index is 12.8. The zero-order valence-corrected chi connectivity index (χ0v) is 16.3. The van der Waals surface area contributed by atoms with E-state index in [4.69, 9.17) is 21.1 Å². The zero-order chi connectivity index (χ0) is 19.4. The van der Waals surface area contributed by atoms with Crippen LogP contribution in [-0.4, -0.2) is 25.3 Å². The number of carbonyl (C=O) groups excluding carboxylic acids is 1. The molecule has 0 spiro atoms. The number of hydrazone groups is 1. The molecule has 140 valence electrons. The number of para-hydroxylation sites is 1. The third-order valence-corrected chi connectivity index (χ3v) is 4.36. The lowest BCUT2D eigenvalue weighted by Gasteiger charge is -2.13. The molecule has 6 heteroatoms. The van der Waals surface area contributed by atoms with Gasteiger partial charge in [0, 0.05) is 0 Å². The van der Waals surface area contributed by atoms with Crippen molar-refractivity contribution in [2.75, 3.05) is 18.7 Å². The Labute approximate surface area is 163 Å². The van der Waals surface area contributed by atoms with Gasteiger partial charge >= 0.3 is 0 Å². The summed E-state index contributed by atoms with van der Waals surface area (Å²) < 4.78 is 11.1. The Morgan fingerprint density at radius 2 is 1.96 bits per heavy atom. The van der Waals surface area contributed by atoms with Crippen LogP contribution in [0, 0.1) is 0 Å². The van der Waals surface area contributed by atoms with E-state index in [9.17, 15) is 4.79 Å². The Hall–Kier alpha value is -2.79. The van der Waals surface area contributed by atoms with Crippen LogP contribution < -0.4 is 14.5 Å². The smallest absolute Gasteiger partial charge is 0.280 e. The summed E-state index contributed by atoms with van der Waals surface area (Å²) in [6.45, 7) is 4.38. The first-order valence-corrected chi connectivity index (χ1v) is 9.10. The largest absolute Gasteiger partial charge is 0.493 e. The minimum Gasteiger partial charge on any atom is -0.493 e. The fourth-order valence-electron chi connectivity index (χ4n) is 2.76. The van der Waals surface area contributed by atoms with Gasteiger partial charge in [-0.15, -0.1) is 0 Å². The SMILES string of the molecule is CCCOc1c(Cl)cc(/C=C2/C(=O)N(c3ccccc3)N=C2C)cc1OC. The van der Waals surface area contributed by atoms with Crippen LogP contribution >= 0.6 is 11.6 Å². The number of carbonyl (C=O) groups is 1. The molecule has 5 nitrogen and oxygen atoms in total. The van der Waals surface area contributed by atoms with Gasteiger partial charge < -0.3 is 9.47 Å². The molecule has 1 amide bonds. The third kappa shape index (κ3) is 3.98. The van der Waals surface area contributed by atoms with Gasteiger partial charge in [-0.2, -0.15) is 10.1 Å². The topological polar surface area (TPSA) is 51.1 Å². The molecule has 2 aromatic rings. The molecule has 0 atom stereocenters. The van der Waals surface area contributed by atoms with Crippen LogP contribution in [0.2, 0.25) is 5.02 Å². The molecule has 0 saturated carbocycles. The molecular formula is C21H21ClN2O3. The van der Waals surface area contributed by atoms with E-state index in [0.717, 1.165) is 17.7 Å². The average Bonchev–Trinajstić information content (AvgIpc) is 2.95. The number of amides is 1. The summed E-state index contributed by atoms with van der Waals surface area (Å²) in [5.74, 6) is 0.861. The van der Waals surface area contributed by atoms with Crippen LogP contribution in [0.3, 0.4) is 0 Å². The van der Waals surface area contributed by atoms with Crippen molar-refractivity contribution in [3.63, 3.8) is 0 Å².